The average Bonchev–Trinajstić information content (AvgIpc) is 2.53. The third-order valence-corrected chi connectivity index (χ3v) is 4.13. The molecule has 0 radical (unpaired) electrons. The summed E-state index contributed by atoms with van der Waals surface area (Å²) in [6.45, 7) is 2.42. The van der Waals surface area contributed by atoms with Crippen LogP contribution in [0.5, 0.6) is 0 Å². The zero-order valence-corrected chi connectivity index (χ0v) is 12.7. The lowest BCUT2D eigenvalue weighted by Gasteiger charge is -2.29. The van der Waals surface area contributed by atoms with Crippen molar-refractivity contribution in [1.29, 1.82) is 0 Å². The molecule has 0 saturated carbocycles. The van der Waals surface area contributed by atoms with Gasteiger partial charge in [-0.15, -0.1) is 0 Å². The molecule has 5 heteroatoms. The van der Waals surface area contributed by atoms with Crippen molar-refractivity contribution >= 4 is 6.21 Å². The number of nitrogens with one attached hydrogen (secondary N) is 2. The summed E-state index contributed by atoms with van der Waals surface area (Å²) in [4.78, 5) is 4.65. The van der Waals surface area contributed by atoms with Crippen molar-refractivity contribution in [2.24, 2.45) is 16.6 Å². The molecule has 0 spiro atoms. The van der Waals surface area contributed by atoms with Crippen molar-refractivity contribution < 1.29 is 5.11 Å². The Bertz CT molecular complexity index is 397. The Labute approximate surface area is 127 Å². The van der Waals surface area contributed by atoms with Gasteiger partial charge in [-0.3, -0.25) is 4.99 Å². The molecule has 2 heterocycles. The summed E-state index contributed by atoms with van der Waals surface area (Å²) in [6, 6.07) is 0. The van der Waals surface area contributed by atoms with Crippen LogP contribution in [-0.2, 0) is 0 Å². The van der Waals surface area contributed by atoms with Crippen molar-refractivity contribution in [2.75, 3.05) is 19.7 Å². The fourth-order valence-corrected chi connectivity index (χ4v) is 2.91. The van der Waals surface area contributed by atoms with Crippen molar-refractivity contribution in [2.45, 2.75) is 44.7 Å². The number of unbranched alkanes of at least 4 members (excludes halogenated alkanes) is 3. The van der Waals surface area contributed by atoms with E-state index in [1.165, 1.54) is 5.57 Å². The second-order valence-electron chi connectivity index (χ2n) is 5.73. The van der Waals surface area contributed by atoms with Gasteiger partial charge in [0.05, 0.1) is 5.70 Å². The number of aliphatic imine (C=N–C) groups is 1. The molecule has 2 aliphatic rings. The number of hydrogen-bond donors (Lipinski definition) is 4. The van der Waals surface area contributed by atoms with Crippen LogP contribution in [0.4, 0.5) is 0 Å². The molecule has 2 rings (SSSR count). The maximum Gasteiger partial charge on any atom is 0.118 e. The Morgan fingerprint density at radius 2 is 2.10 bits per heavy atom. The van der Waals surface area contributed by atoms with Crippen LogP contribution in [0.2, 0.25) is 0 Å². The molecule has 0 aliphatic carbocycles. The summed E-state index contributed by atoms with van der Waals surface area (Å²) in [5.41, 5.74) is 8.45. The van der Waals surface area contributed by atoms with E-state index in [1.54, 1.807) is 0 Å². The minimum Gasteiger partial charge on any atom is -0.396 e. The Hall–Kier alpha value is -1.17. The molecule has 0 bridgehead atoms. The monoisotopic (exact) mass is 292 g/mol. The van der Waals surface area contributed by atoms with Gasteiger partial charge in [0.15, 0.2) is 0 Å². The Kier molecular flexibility index (Phi) is 6.92. The fourth-order valence-electron chi connectivity index (χ4n) is 2.91. The molecule has 0 aromatic heterocycles. The van der Waals surface area contributed by atoms with E-state index in [2.05, 4.69) is 21.7 Å². The number of nitrogens with two attached hydrogens (primary N) is 1. The number of dihydropyridines is 1. The summed E-state index contributed by atoms with van der Waals surface area (Å²) in [6.07, 6.45) is 12.1. The first-order chi connectivity index (χ1) is 10.3. The van der Waals surface area contributed by atoms with Crippen molar-refractivity contribution in [3.8, 4) is 0 Å². The normalized spacial score (nSPS) is 23.8. The lowest BCUT2D eigenvalue weighted by molar-refractivity contribution is 0.283. The van der Waals surface area contributed by atoms with Crippen LogP contribution >= 0.6 is 0 Å². The van der Waals surface area contributed by atoms with E-state index in [0.29, 0.717) is 5.92 Å². The summed E-state index contributed by atoms with van der Waals surface area (Å²) in [7, 11) is 0. The first-order valence-corrected chi connectivity index (χ1v) is 8.09. The standard InChI is InChI=1S/C16H28N4O/c17-16-15(19-8-3-1-2-4-12-21)14(7-11-20-16)13-5-9-18-10-6-13/h7-8,11,13,16,18,20-21H,1-6,9-10,12,17H2. The van der Waals surface area contributed by atoms with Gasteiger partial charge in [0.1, 0.15) is 6.17 Å². The van der Waals surface area contributed by atoms with Crippen molar-refractivity contribution in [3.05, 3.63) is 23.5 Å². The maximum atomic E-state index is 8.76. The zero-order chi connectivity index (χ0) is 14.9. The van der Waals surface area contributed by atoms with E-state index in [1.807, 2.05) is 12.4 Å². The molecule has 5 N–H and O–H groups in total. The molecule has 0 amide bonds. The van der Waals surface area contributed by atoms with Crippen LogP contribution in [0.25, 0.3) is 0 Å². The molecule has 1 fully saturated rings. The average molecular weight is 292 g/mol. The highest BCUT2D eigenvalue weighted by molar-refractivity contribution is 5.60. The lowest BCUT2D eigenvalue weighted by Crippen LogP contribution is -2.39. The second kappa shape index (κ2) is 8.97. The molecule has 1 saturated heterocycles. The highest BCUT2D eigenvalue weighted by Gasteiger charge is 2.23. The Morgan fingerprint density at radius 1 is 1.29 bits per heavy atom. The minimum atomic E-state index is -0.200. The van der Waals surface area contributed by atoms with E-state index >= 15 is 0 Å². The number of rotatable bonds is 7. The molecule has 21 heavy (non-hydrogen) atoms. The van der Waals surface area contributed by atoms with E-state index < -0.39 is 0 Å². The minimum absolute atomic E-state index is 0.200. The Balaban J connectivity index is 1.97. The summed E-state index contributed by atoms with van der Waals surface area (Å²) >= 11 is 0. The van der Waals surface area contributed by atoms with E-state index in [9.17, 15) is 0 Å². The van der Waals surface area contributed by atoms with Crippen LogP contribution < -0.4 is 16.4 Å². The number of allylic oxidation sites excluding steroid dienone is 2. The third-order valence-electron chi connectivity index (χ3n) is 4.13. The van der Waals surface area contributed by atoms with Gasteiger partial charge in [0.2, 0.25) is 0 Å². The van der Waals surface area contributed by atoms with Gasteiger partial charge in [-0.2, -0.15) is 0 Å². The number of nitrogens with zero attached hydrogens (tertiary/aromatic N) is 1. The van der Waals surface area contributed by atoms with Crippen molar-refractivity contribution in [3.63, 3.8) is 0 Å². The second-order valence-corrected chi connectivity index (χ2v) is 5.73. The topological polar surface area (TPSA) is 82.7 Å². The highest BCUT2D eigenvalue weighted by Crippen LogP contribution is 2.28. The number of aliphatic hydroxyl groups is 1. The van der Waals surface area contributed by atoms with Crippen LogP contribution in [0.1, 0.15) is 38.5 Å². The largest absolute Gasteiger partial charge is 0.396 e. The van der Waals surface area contributed by atoms with Gasteiger partial charge in [0, 0.05) is 12.8 Å². The third kappa shape index (κ3) is 4.95. The van der Waals surface area contributed by atoms with E-state index in [-0.39, 0.29) is 12.8 Å². The summed E-state index contributed by atoms with van der Waals surface area (Å²) in [5.74, 6) is 0.567. The van der Waals surface area contributed by atoms with E-state index in [0.717, 1.165) is 57.3 Å². The molecule has 118 valence electrons. The van der Waals surface area contributed by atoms with Gasteiger partial charge in [0.25, 0.3) is 0 Å². The predicted octanol–water partition coefficient (Wildman–Crippen LogP) is 1.27. The molecule has 2 aliphatic heterocycles. The van der Waals surface area contributed by atoms with Gasteiger partial charge < -0.3 is 21.5 Å². The van der Waals surface area contributed by atoms with Crippen LogP contribution in [0.15, 0.2) is 28.5 Å². The number of aliphatic hydroxyl groups excluding tert-OH is 1. The van der Waals surface area contributed by atoms with Crippen LogP contribution in [-0.4, -0.2) is 37.2 Å². The molecule has 0 aromatic carbocycles. The van der Waals surface area contributed by atoms with E-state index in [4.69, 9.17) is 10.8 Å². The quantitative estimate of drug-likeness (QED) is 0.421. The molecular formula is C16H28N4O. The zero-order valence-electron chi connectivity index (χ0n) is 12.7. The Morgan fingerprint density at radius 3 is 2.86 bits per heavy atom. The van der Waals surface area contributed by atoms with Gasteiger partial charge in [-0.1, -0.05) is 6.42 Å². The molecular weight excluding hydrogens is 264 g/mol. The number of piperidine rings is 1. The predicted molar refractivity (Wildman–Crippen MR) is 86.9 cm³/mol. The van der Waals surface area contributed by atoms with Crippen molar-refractivity contribution in [1.82, 2.24) is 10.6 Å². The molecule has 5 nitrogen and oxygen atoms in total. The number of hydrogen-bond acceptors (Lipinski definition) is 5. The molecule has 1 unspecified atom stereocenters. The summed E-state index contributed by atoms with van der Waals surface area (Å²) in [5, 5.41) is 15.3. The van der Waals surface area contributed by atoms with Crippen LogP contribution in [0, 0.1) is 5.92 Å². The van der Waals surface area contributed by atoms with Crippen LogP contribution in [0.3, 0.4) is 0 Å². The smallest absolute Gasteiger partial charge is 0.118 e. The summed E-state index contributed by atoms with van der Waals surface area (Å²) < 4.78 is 0. The fraction of sp³-hybridized carbons (Fsp3) is 0.688. The van der Waals surface area contributed by atoms with Gasteiger partial charge in [-0.05, 0) is 69.0 Å². The lowest BCUT2D eigenvalue weighted by atomic mass is 9.87. The molecule has 0 aromatic rings. The van der Waals surface area contributed by atoms with Gasteiger partial charge in [-0.25, -0.2) is 0 Å². The highest BCUT2D eigenvalue weighted by atomic mass is 16.2. The first kappa shape index (κ1) is 16.2. The SMILES string of the molecule is NC1NC=CC(C2CCNCC2)=C1N=CCCCCCO. The van der Waals surface area contributed by atoms with Gasteiger partial charge >= 0.3 is 0 Å². The molecule has 1 atom stereocenters. The maximum absolute atomic E-state index is 8.76. The first-order valence-electron chi connectivity index (χ1n) is 8.09.